The first-order chi connectivity index (χ1) is 9.06. The van der Waals surface area contributed by atoms with Crippen molar-refractivity contribution in [2.24, 2.45) is 0 Å². The molecular weight excluding hydrogens is 256 g/mol. The summed E-state index contributed by atoms with van der Waals surface area (Å²) in [5, 5.41) is 9.91. The molecule has 1 atom stereocenters. The van der Waals surface area contributed by atoms with E-state index in [1.807, 2.05) is 43.3 Å². The van der Waals surface area contributed by atoms with Gasteiger partial charge in [0, 0.05) is 10.6 Å². The first-order valence-corrected chi connectivity index (χ1v) is 6.50. The Balaban J connectivity index is 2.34. The quantitative estimate of drug-likeness (QED) is 0.775. The van der Waals surface area contributed by atoms with E-state index in [1.54, 1.807) is 6.92 Å². The Bertz CT molecular complexity index is 631. The molecule has 19 heavy (non-hydrogen) atoms. The maximum atomic E-state index is 9.18. The maximum Gasteiger partial charge on any atom is 0.112 e. The van der Waals surface area contributed by atoms with Crippen LogP contribution in [0.1, 0.15) is 18.1 Å². The monoisotopic (exact) mass is 270 g/mol. The predicted octanol–water partition coefficient (Wildman–Crippen LogP) is 4.05. The number of aryl methyl sites for hydroxylation is 1. The van der Waals surface area contributed by atoms with Gasteiger partial charge in [0.15, 0.2) is 0 Å². The molecule has 0 aliphatic carbocycles. The second kappa shape index (κ2) is 5.93. The number of hydrogen-bond acceptors (Lipinski definition) is 1. The van der Waals surface area contributed by atoms with E-state index < -0.39 is 6.10 Å². The van der Waals surface area contributed by atoms with Crippen molar-refractivity contribution in [3.63, 3.8) is 0 Å². The second-order valence-electron chi connectivity index (χ2n) is 4.48. The highest BCUT2D eigenvalue weighted by Crippen LogP contribution is 2.23. The SMILES string of the molecule is Cc1cc(-c2ccc(Cl)cc2)ccc1C#CC(C)O. The molecule has 1 nitrogen and oxygen atoms in total. The molecule has 2 rings (SSSR count). The molecule has 2 aromatic rings. The molecule has 0 spiro atoms. The molecule has 0 saturated carbocycles. The van der Waals surface area contributed by atoms with E-state index in [0.29, 0.717) is 0 Å². The molecule has 0 aliphatic heterocycles. The van der Waals surface area contributed by atoms with Crippen LogP contribution in [0.3, 0.4) is 0 Å². The average molecular weight is 271 g/mol. The van der Waals surface area contributed by atoms with Crippen LogP contribution in [0.4, 0.5) is 0 Å². The van der Waals surface area contributed by atoms with Gasteiger partial charge in [0.25, 0.3) is 0 Å². The van der Waals surface area contributed by atoms with Crippen molar-refractivity contribution in [2.45, 2.75) is 20.0 Å². The van der Waals surface area contributed by atoms with Gasteiger partial charge in [-0.3, -0.25) is 0 Å². The Kier molecular flexibility index (Phi) is 4.27. The zero-order chi connectivity index (χ0) is 13.8. The minimum absolute atomic E-state index is 0.602. The van der Waals surface area contributed by atoms with Gasteiger partial charge in [-0.25, -0.2) is 0 Å². The fourth-order valence-corrected chi connectivity index (χ4v) is 1.93. The van der Waals surface area contributed by atoms with E-state index in [0.717, 1.165) is 27.3 Å². The van der Waals surface area contributed by atoms with Gasteiger partial charge < -0.3 is 5.11 Å². The number of benzene rings is 2. The van der Waals surface area contributed by atoms with Crippen molar-refractivity contribution in [3.05, 3.63) is 58.6 Å². The molecule has 1 unspecified atom stereocenters. The summed E-state index contributed by atoms with van der Waals surface area (Å²) in [6, 6.07) is 13.9. The largest absolute Gasteiger partial charge is 0.381 e. The summed E-state index contributed by atoms with van der Waals surface area (Å²) in [5.41, 5.74) is 4.30. The minimum Gasteiger partial charge on any atom is -0.381 e. The Morgan fingerprint density at radius 3 is 2.26 bits per heavy atom. The summed E-state index contributed by atoms with van der Waals surface area (Å²) in [5.74, 6) is 5.74. The van der Waals surface area contributed by atoms with E-state index in [2.05, 4.69) is 17.9 Å². The molecule has 0 bridgehead atoms. The van der Waals surface area contributed by atoms with Crippen molar-refractivity contribution in [3.8, 4) is 23.0 Å². The van der Waals surface area contributed by atoms with Gasteiger partial charge in [-0.2, -0.15) is 0 Å². The fourth-order valence-electron chi connectivity index (χ4n) is 1.81. The standard InChI is InChI=1S/C17H15ClO/c1-12-11-16(15-7-9-17(18)10-8-15)6-5-14(12)4-3-13(2)19/h5-11,13,19H,1-2H3. The number of aliphatic hydroxyl groups is 1. The highest BCUT2D eigenvalue weighted by Gasteiger charge is 2.01. The van der Waals surface area contributed by atoms with E-state index in [4.69, 9.17) is 11.6 Å². The summed E-state index contributed by atoms with van der Waals surface area (Å²) in [6.07, 6.45) is -0.602. The minimum atomic E-state index is -0.602. The topological polar surface area (TPSA) is 20.2 Å². The maximum absolute atomic E-state index is 9.18. The van der Waals surface area contributed by atoms with Crippen LogP contribution >= 0.6 is 11.6 Å². The Labute approximate surface area is 118 Å². The van der Waals surface area contributed by atoms with Gasteiger partial charge in [-0.1, -0.05) is 47.7 Å². The molecule has 0 fully saturated rings. The number of hydrogen-bond donors (Lipinski definition) is 1. The molecule has 0 heterocycles. The Morgan fingerprint density at radius 2 is 1.68 bits per heavy atom. The summed E-state index contributed by atoms with van der Waals surface area (Å²) in [4.78, 5) is 0. The van der Waals surface area contributed by atoms with E-state index in [1.165, 1.54) is 0 Å². The molecule has 0 amide bonds. The normalized spacial score (nSPS) is 11.6. The highest BCUT2D eigenvalue weighted by molar-refractivity contribution is 6.30. The predicted molar refractivity (Wildman–Crippen MR) is 80.2 cm³/mol. The van der Waals surface area contributed by atoms with E-state index in [9.17, 15) is 5.11 Å². The lowest BCUT2D eigenvalue weighted by Crippen LogP contribution is -1.93. The smallest absolute Gasteiger partial charge is 0.112 e. The van der Waals surface area contributed by atoms with Crippen LogP contribution in [0.15, 0.2) is 42.5 Å². The van der Waals surface area contributed by atoms with Crippen LogP contribution in [-0.2, 0) is 0 Å². The summed E-state index contributed by atoms with van der Waals surface area (Å²) in [7, 11) is 0. The number of aliphatic hydroxyl groups excluding tert-OH is 1. The van der Waals surface area contributed by atoms with Crippen molar-refractivity contribution >= 4 is 11.6 Å². The lowest BCUT2D eigenvalue weighted by Gasteiger charge is -2.05. The Morgan fingerprint density at radius 1 is 1.05 bits per heavy atom. The number of halogens is 1. The van der Waals surface area contributed by atoms with Crippen LogP contribution in [0, 0.1) is 18.8 Å². The van der Waals surface area contributed by atoms with Gasteiger partial charge in [0.2, 0.25) is 0 Å². The van der Waals surface area contributed by atoms with Gasteiger partial charge in [0.05, 0.1) is 0 Å². The molecule has 2 heteroatoms. The molecule has 0 aromatic heterocycles. The molecule has 0 aliphatic rings. The second-order valence-corrected chi connectivity index (χ2v) is 4.92. The van der Waals surface area contributed by atoms with Crippen LogP contribution < -0.4 is 0 Å². The van der Waals surface area contributed by atoms with Crippen LogP contribution in [0.25, 0.3) is 11.1 Å². The van der Waals surface area contributed by atoms with Crippen molar-refractivity contribution < 1.29 is 5.11 Å². The molecule has 1 N–H and O–H groups in total. The third-order valence-electron chi connectivity index (χ3n) is 2.82. The lowest BCUT2D eigenvalue weighted by molar-refractivity contribution is 0.253. The molecular formula is C17H15ClO. The van der Waals surface area contributed by atoms with Gasteiger partial charge in [-0.05, 0) is 48.7 Å². The van der Waals surface area contributed by atoms with Gasteiger partial charge in [0.1, 0.15) is 6.10 Å². The van der Waals surface area contributed by atoms with Gasteiger partial charge >= 0.3 is 0 Å². The van der Waals surface area contributed by atoms with Crippen LogP contribution in [0.5, 0.6) is 0 Å². The zero-order valence-electron chi connectivity index (χ0n) is 10.9. The van der Waals surface area contributed by atoms with E-state index in [-0.39, 0.29) is 0 Å². The first-order valence-electron chi connectivity index (χ1n) is 6.12. The zero-order valence-corrected chi connectivity index (χ0v) is 11.7. The lowest BCUT2D eigenvalue weighted by atomic mass is 10.00. The molecule has 2 aromatic carbocycles. The summed E-state index contributed by atoms with van der Waals surface area (Å²) in [6.45, 7) is 3.68. The van der Waals surface area contributed by atoms with Crippen molar-refractivity contribution in [1.29, 1.82) is 0 Å². The average Bonchev–Trinajstić information content (AvgIpc) is 2.38. The third kappa shape index (κ3) is 3.61. The number of rotatable bonds is 1. The fraction of sp³-hybridized carbons (Fsp3) is 0.176. The van der Waals surface area contributed by atoms with Crippen molar-refractivity contribution in [1.82, 2.24) is 0 Å². The van der Waals surface area contributed by atoms with Gasteiger partial charge in [-0.15, -0.1) is 0 Å². The van der Waals surface area contributed by atoms with E-state index >= 15 is 0 Å². The molecule has 96 valence electrons. The highest BCUT2D eigenvalue weighted by atomic mass is 35.5. The third-order valence-corrected chi connectivity index (χ3v) is 3.07. The molecule has 0 radical (unpaired) electrons. The summed E-state index contributed by atoms with van der Waals surface area (Å²) < 4.78 is 0. The van der Waals surface area contributed by atoms with Crippen LogP contribution in [-0.4, -0.2) is 11.2 Å². The molecule has 0 saturated heterocycles. The van der Waals surface area contributed by atoms with Crippen molar-refractivity contribution in [2.75, 3.05) is 0 Å². The Hall–Kier alpha value is -1.75. The summed E-state index contributed by atoms with van der Waals surface area (Å²) >= 11 is 5.88. The first kappa shape index (κ1) is 13.7. The van der Waals surface area contributed by atoms with Crippen LogP contribution in [0.2, 0.25) is 5.02 Å².